The number of hydrogen-bond donors (Lipinski definition) is 2. The fraction of sp³-hybridized carbons (Fsp3) is 0.167. The van der Waals surface area contributed by atoms with Gasteiger partial charge in [0.05, 0.1) is 0 Å². The third-order valence-electron chi connectivity index (χ3n) is 3.55. The minimum Gasteiger partial charge on any atom is -0.480 e. The molecule has 0 saturated heterocycles. The lowest BCUT2D eigenvalue weighted by Crippen LogP contribution is -2.31. The maximum atomic E-state index is 12.3. The van der Waals surface area contributed by atoms with Gasteiger partial charge >= 0.3 is 5.69 Å². The second-order valence-corrected chi connectivity index (χ2v) is 5.48. The number of aryl methyl sites for hydroxylation is 1. The molecular weight excluding hydrogens is 306 g/mol. The summed E-state index contributed by atoms with van der Waals surface area (Å²) < 4.78 is 5.80. The summed E-state index contributed by atoms with van der Waals surface area (Å²) in [7, 11) is 0. The molecule has 1 aromatic heterocycles. The zero-order chi connectivity index (χ0) is 17.1. The SMILES string of the molecule is Cc1cc(NC(=O)[C@H](C)Oc2cccc3ccccc23)nc(=O)[nH]1. The third-order valence-corrected chi connectivity index (χ3v) is 3.55. The Labute approximate surface area is 138 Å². The Morgan fingerprint density at radius 2 is 1.96 bits per heavy atom. The van der Waals surface area contributed by atoms with E-state index in [1.54, 1.807) is 19.9 Å². The van der Waals surface area contributed by atoms with E-state index in [0.29, 0.717) is 11.4 Å². The monoisotopic (exact) mass is 323 g/mol. The number of anilines is 1. The van der Waals surface area contributed by atoms with Crippen LogP contribution in [-0.2, 0) is 4.79 Å². The van der Waals surface area contributed by atoms with Gasteiger partial charge in [-0.2, -0.15) is 4.98 Å². The number of carbonyl (C=O) groups excluding carboxylic acids is 1. The van der Waals surface area contributed by atoms with E-state index in [4.69, 9.17) is 4.74 Å². The summed E-state index contributed by atoms with van der Waals surface area (Å²) in [6.45, 7) is 3.37. The molecule has 1 amide bonds. The third kappa shape index (κ3) is 3.43. The number of carbonyl (C=O) groups is 1. The van der Waals surface area contributed by atoms with Gasteiger partial charge in [-0.15, -0.1) is 0 Å². The lowest BCUT2D eigenvalue weighted by Gasteiger charge is -2.16. The molecule has 24 heavy (non-hydrogen) atoms. The number of amides is 1. The molecule has 1 atom stereocenters. The molecule has 0 radical (unpaired) electrons. The summed E-state index contributed by atoms with van der Waals surface area (Å²) in [5.74, 6) is 0.459. The van der Waals surface area contributed by atoms with Gasteiger partial charge in [-0.1, -0.05) is 36.4 Å². The number of aromatic nitrogens is 2. The molecule has 0 spiro atoms. The highest BCUT2D eigenvalue weighted by molar-refractivity contribution is 5.94. The van der Waals surface area contributed by atoms with Crippen molar-refractivity contribution in [2.45, 2.75) is 20.0 Å². The van der Waals surface area contributed by atoms with Crippen LogP contribution in [0.15, 0.2) is 53.3 Å². The molecule has 3 rings (SSSR count). The molecule has 0 aliphatic heterocycles. The zero-order valence-electron chi connectivity index (χ0n) is 13.4. The highest BCUT2D eigenvalue weighted by Gasteiger charge is 2.17. The zero-order valence-corrected chi connectivity index (χ0v) is 13.4. The summed E-state index contributed by atoms with van der Waals surface area (Å²) in [6, 6.07) is 15.1. The molecular formula is C18H17N3O3. The van der Waals surface area contributed by atoms with Gasteiger partial charge in [0.2, 0.25) is 0 Å². The normalized spacial score (nSPS) is 11.9. The molecule has 6 nitrogen and oxygen atoms in total. The smallest absolute Gasteiger partial charge is 0.347 e. The molecule has 122 valence electrons. The maximum absolute atomic E-state index is 12.3. The number of benzene rings is 2. The Morgan fingerprint density at radius 3 is 2.75 bits per heavy atom. The Kier molecular flexibility index (Phi) is 4.29. The molecule has 0 aliphatic carbocycles. The molecule has 0 saturated carbocycles. The van der Waals surface area contributed by atoms with E-state index in [-0.39, 0.29) is 11.7 Å². The van der Waals surface area contributed by atoms with Crippen LogP contribution in [0.2, 0.25) is 0 Å². The standard InChI is InChI=1S/C18H17N3O3/c1-11-10-16(21-18(23)19-11)20-17(22)12(2)24-15-9-5-7-13-6-3-4-8-14(13)15/h3-10,12H,1-2H3,(H2,19,20,21,22,23)/t12-/m0/s1. The molecule has 1 heterocycles. The molecule has 0 fully saturated rings. The number of nitrogens with one attached hydrogen (secondary N) is 2. The lowest BCUT2D eigenvalue weighted by atomic mass is 10.1. The van der Waals surface area contributed by atoms with E-state index in [1.807, 2.05) is 42.5 Å². The van der Waals surface area contributed by atoms with Crippen LogP contribution < -0.4 is 15.7 Å². The Bertz CT molecular complexity index is 944. The Balaban J connectivity index is 1.77. The molecule has 0 aliphatic rings. The number of hydrogen-bond acceptors (Lipinski definition) is 4. The quantitative estimate of drug-likeness (QED) is 0.773. The van der Waals surface area contributed by atoms with Crippen molar-refractivity contribution in [3.05, 3.63) is 64.7 Å². The Hall–Kier alpha value is -3.15. The minimum atomic E-state index is -0.739. The van der Waals surface area contributed by atoms with Gasteiger partial charge in [-0.3, -0.25) is 4.79 Å². The average Bonchev–Trinajstić information content (AvgIpc) is 2.54. The van der Waals surface area contributed by atoms with E-state index in [2.05, 4.69) is 15.3 Å². The highest BCUT2D eigenvalue weighted by Crippen LogP contribution is 2.26. The van der Waals surface area contributed by atoms with Crippen LogP contribution in [0.4, 0.5) is 5.82 Å². The molecule has 3 aromatic rings. The number of fused-ring (bicyclic) bond motifs is 1. The molecule has 0 unspecified atom stereocenters. The van der Waals surface area contributed by atoms with E-state index in [1.165, 1.54) is 0 Å². The summed E-state index contributed by atoms with van der Waals surface area (Å²) in [4.78, 5) is 29.9. The molecule has 2 N–H and O–H groups in total. The van der Waals surface area contributed by atoms with E-state index in [9.17, 15) is 9.59 Å². The van der Waals surface area contributed by atoms with Crippen LogP contribution in [-0.4, -0.2) is 22.0 Å². The summed E-state index contributed by atoms with van der Waals surface area (Å²) in [5.41, 5.74) is 0.112. The first-order valence-electron chi connectivity index (χ1n) is 7.56. The van der Waals surface area contributed by atoms with Crippen LogP contribution in [0.5, 0.6) is 5.75 Å². The van der Waals surface area contributed by atoms with Crippen molar-refractivity contribution in [3.8, 4) is 5.75 Å². The predicted molar refractivity (Wildman–Crippen MR) is 92.3 cm³/mol. The van der Waals surface area contributed by atoms with Crippen molar-refractivity contribution in [2.75, 3.05) is 5.32 Å². The molecule has 0 bridgehead atoms. The van der Waals surface area contributed by atoms with Crippen molar-refractivity contribution in [3.63, 3.8) is 0 Å². The maximum Gasteiger partial charge on any atom is 0.347 e. The first kappa shape index (κ1) is 15.7. The first-order chi connectivity index (χ1) is 11.5. The van der Waals surface area contributed by atoms with Gasteiger partial charge < -0.3 is 15.0 Å². The number of rotatable bonds is 4. The van der Waals surface area contributed by atoms with Crippen LogP contribution in [0.25, 0.3) is 10.8 Å². The van der Waals surface area contributed by atoms with Gasteiger partial charge in [0.15, 0.2) is 6.10 Å². The van der Waals surface area contributed by atoms with E-state index >= 15 is 0 Å². The second kappa shape index (κ2) is 6.54. The van der Waals surface area contributed by atoms with Gasteiger partial charge in [-0.05, 0) is 25.3 Å². The number of nitrogens with zero attached hydrogens (tertiary/aromatic N) is 1. The molecule has 2 aromatic carbocycles. The fourth-order valence-corrected chi connectivity index (χ4v) is 2.41. The second-order valence-electron chi connectivity index (χ2n) is 5.48. The van der Waals surface area contributed by atoms with Gasteiger partial charge in [0.1, 0.15) is 11.6 Å². The van der Waals surface area contributed by atoms with Gasteiger partial charge in [0, 0.05) is 17.1 Å². The topological polar surface area (TPSA) is 84.1 Å². The largest absolute Gasteiger partial charge is 0.480 e. The number of H-pyrrole nitrogens is 1. The molecule has 6 heteroatoms. The van der Waals surface area contributed by atoms with E-state index in [0.717, 1.165) is 10.8 Å². The summed E-state index contributed by atoms with van der Waals surface area (Å²) in [5, 5.41) is 4.57. The van der Waals surface area contributed by atoms with Gasteiger partial charge in [0.25, 0.3) is 5.91 Å². The van der Waals surface area contributed by atoms with Gasteiger partial charge in [-0.25, -0.2) is 4.79 Å². The van der Waals surface area contributed by atoms with Crippen molar-refractivity contribution in [1.29, 1.82) is 0 Å². The number of ether oxygens (including phenoxy) is 1. The predicted octanol–water partition coefficient (Wildman–Crippen LogP) is 2.64. The summed E-state index contributed by atoms with van der Waals surface area (Å²) >= 11 is 0. The van der Waals surface area contributed by atoms with Crippen LogP contribution in [0.1, 0.15) is 12.6 Å². The number of aromatic amines is 1. The average molecular weight is 323 g/mol. The minimum absolute atomic E-state index is 0.203. The van der Waals surface area contributed by atoms with Crippen molar-refractivity contribution < 1.29 is 9.53 Å². The highest BCUT2D eigenvalue weighted by atomic mass is 16.5. The fourth-order valence-electron chi connectivity index (χ4n) is 2.41. The van der Waals surface area contributed by atoms with E-state index < -0.39 is 11.8 Å². The first-order valence-corrected chi connectivity index (χ1v) is 7.56. The summed E-state index contributed by atoms with van der Waals surface area (Å²) in [6.07, 6.45) is -0.739. The van der Waals surface area contributed by atoms with Crippen molar-refractivity contribution >= 4 is 22.5 Å². The van der Waals surface area contributed by atoms with Crippen LogP contribution in [0.3, 0.4) is 0 Å². The lowest BCUT2D eigenvalue weighted by molar-refractivity contribution is -0.122. The Morgan fingerprint density at radius 1 is 1.21 bits per heavy atom. The van der Waals surface area contributed by atoms with Crippen molar-refractivity contribution in [2.24, 2.45) is 0 Å². The van der Waals surface area contributed by atoms with Crippen LogP contribution >= 0.6 is 0 Å². The van der Waals surface area contributed by atoms with Crippen LogP contribution in [0, 0.1) is 6.92 Å². The van der Waals surface area contributed by atoms with Crippen molar-refractivity contribution in [1.82, 2.24) is 9.97 Å².